The van der Waals surface area contributed by atoms with Crippen LogP contribution in [0.2, 0.25) is 0 Å². The summed E-state index contributed by atoms with van der Waals surface area (Å²) in [6.07, 6.45) is 2.30. The standard InChI is InChI=1S/C15H17BrN4O/c1-9(10-4-2-3-5-11(10)16)20-15(21)13-6-12-14(7-17-13)19-8-18-12/h2-5,8-9,13,17H,6-7H2,1H3,(H,18,19)(H,20,21). The average molecular weight is 349 g/mol. The number of aromatic nitrogens is 2. The molecular formula is C15H17BrN4O. The summed E-state index contributed by atoms with van der Waals surface area (Å²) in [5.74, 6) is 0.00639. The summed E-state index contributed by atoms with van der Waals surface area (Å²) in [5, 5.41) is 6.30. The highest BCUT2D eigenvalue weighted by atomic mass is 79.9. The van der Waals surface area contributed by atoms with Crippen LogP contribution in [0.1, 0.15) is 29.9 Å². The Morgan fingerprint density at radius 2 is 2.29 bits per heavy atom. The van der Waals surface area contributed by atoms with Crippen LogP contribution in [0, 0.1) is 0 Å². The molecule has 0 spiro atoms. The van der Waals surface area contributed by atoms with E-state index in [9.17, 15) is 4.79 Å². The van der Waals surface area contributed by atoms with E-state index >= 15 is 0 Å². The third-order valence-electron chi connectivity index (χ3n) is 3.78. The number of rotatable bonds is 3. The first-order valence-corrected chi connectivity index (χ1v) is 7.73. The number of imidazole rings is 1. The Kier molecular flexibility index (Phi) is 4.07. The fraction of sp³-hybridized carbons (Fsp3) is 0.333. The van der Waals surface area contributed by atoms with Crippen molar-refractivity contribution in [1.29, 1.82) is 0 Å². The molecule has 0 saturated heterocycles. The summed E-state index contributed by atoms with van der Waals surface area (Å²) in [7, 11) is 0. The lowest BCUT2D eigenvalue weighted by atomic mass is 10.0. The molecule has 1 aliphatic heterocycles. The van der Waals surface area contributed by atoms with E-state index in [4.69, 9.17) is 0 Å². The van der Waals surface area contributed by atoms with Crippen LogP contribution < -0.4 is 10.6 Å². The Balaban J connectivity index is 1.66. The Morgan fingerprint density at radius 1 is 1.48 bits per heavy atom. The molecule has 2 aromatic rings. The zero-order valence-corrected chi connectivity index (χ0v) is 13.3. The molecule has 6 heteroatoms. The van der Waals surface area contributed by atoms with Gasteiger partial charge in [-0.2, -0.15) is 0 Å². The summed E-state index contributed by atoms with van der Waals surface area (Å²) in [4.78, 5) is 19.7. The number of fused-ring (bicyclic) bond motifs is 1. The number of amides is 1. The number of hydrogen-bond acceptors (Lipinski definition) is 3. The molecule has 3 rings (SSSR count). The first-order chi connectivity index (χ1) is 10.1. The minimum absolute atomic E-state index is 0.00639. The topological polar surface area (TPSA) is 69.8 Å². The number of aromatic amines is 1. The monoisotopic (exact) mass is 348 g/mol. The third kappa shape index (κ3) is 3.01. The molecule has 1 aliphatic rings. The van der Waals surface area contributed by atoms with Crippen LogP contribution in [-0.2, 0) is 17.8 Å². The van der Waals surface area contributed by atoms with Crippen molar-refractivity contribution in [3.8, 4) is 0 Å². The van der Waals surface area contributed by atoms with E-state index < -0.39 is 0 Å². The molecule has 1 amide bonds. The van der Waals surface area contributed by atoms with Crippen LogP contribution in [0.3, 0.4) is 0 Å². The fourth-order valence-electron chi connectivity index (χ4n) is 2.57. The molecular weight excluding hydrogens is 332 g/mol. The maximum Gasteiger partial charge on any atom is 0.238 e. The number of H-pyrrole nitrogens is 1. The summed E-state index contributed by atoms with van der Waals surface area (Å²) in [6, 6.07) is 7.64. The quantitative estimate of drug-likeness (QED) is 0.795. The molecule has 2 unspecified atom stereocenters. The minimum atomic E-state index is -0.231. The van der Waals surface area contributed by atoms with E-state index in [1.54, 1.807) is 6.33 Å². The van der Waals surface area contributed by atoms with E-state index in [1.807, 2.05) is 31.2 Å². The van der Waals surface area contributed by atoms with E-state index in [0.29, 0.717) is 13.0 Å². The molecule has 5 nitrogen and oxygen atoms in total. The van der Waals surface area contributed by atoms with Crippen molar-refractivity contribution in [2.45, 2.75) is 32.0 Å². The molecule has 2 heterocycles. The Bertz CT molecular complexity index is 655. The van der Waals surface area contributed by atoms with Crippen molar-refractivity contribution in [2.24, 2.45) is 0 Å². The van der Waals surface area contributed by atoms with Gasteiger partial charge in [0.25, 0.3) is 0 Å². The molecule has 1 aromatic heterocycles. The van der Waals surface area contributed by atoms with Gasteiger partial charge in [0.2, 0.25) is 5.91 Å². The number of carbonyl (C=O) groups is 1. The van der Waals surface area contributed by atoms with Gasteiger partial charge in [0.05, 0.1) is 29.8 Å². The normalized spacial score (nSPS) is 18.9. The molecule has 0 saturated carbocycles. The summed E-state index contributed by atoms with van der Waals surface area (Å²) < 4.78 is 1.00. The molecule has 0 radical (unpaired) electrons. The van der Waals surface area contributed by atoms with Crippen molar-refractivity contribution in [2.75, 3.05) is 0 Å². The molecule has 110 valence electrons. The van der Waals surface area contributed by atoms with Gasteiger partial charge in [-0.3, -0.25) is 10.1 Å². The number of nitrogens with one attached hydrogen (secondary N) is 3. The van der Waals surface area contributed by atoms with Gasteiger partial charge in [0.1, 0.15) is 0 Å². The first-order valence-electron chi connectivity index (χ1n) is 6.94. The summed E-state index contributed by atoms with van der Waals surface area (Å²) in [6.45, 7) is 2.64. The van der Waals surface area contributed by atoms with Crippen LogP contribution in [-0.4, -0.2) is 21.9 Å². The van der Waals surface area contributed by atoms with Gasteiger partial charge < -0.3 is 10.3 Å². The summed E-state index contributed by atoms with van der Waals surface area (Å²) >= 11 is 3.52. The molecule has 1 aromatic carbocycles. The van der Waals surface area contributed by atoms with E-state index in [-0.39, 0.29) is 18.0 Å². The lowest BCUT2D eigenvalue weighted by Crippen LogP contribution is -2.48. The molecule has 0 aliphatic carbocycles. The maximum atomic E-state index is 12.4. The maximum absolute atomic E-state index is 12.4. The zero-order valence-electron chi connectivity index (χ0n) is 11.7. The van der Waals surface area contributed by atoms with Crippen LogP contribution in [0.15, 0.2) is 35.1 Å². The van der Waals surface area contributed by atoms with Crippen molar-refractivity contribution in [3.63, 3.8) is 0 Å². The largest absolute Gasteiger partial charge is 0.348 e. The Labute approximate surface area is 131 Å². The van der Waals surface area contributed by atoms with Crippen molar-refractivity contribution >= 4 is 21.8 Å². The van der Waals surface area contributed by atoms with Crippen molar-refractivity contribution in [3.05, 3.63) is 52.0 Å². The summed E-state index contributed by atoms with van der Waals surface area (Å²) in [5.41, 5.74) is 3.11. The first kappa shape index (κ1) is 14.3. The van der Waals surface area contributed by atoms with Crippen LogP contribution in [0.25, 0.3) is 0 Å². The third-order valence-corrected chi connectivity index (χ3v) is 4.50. The van der Waals surface area contributed by atoms with Crippen molar-refractivity contribution < 1.29 is 4.79 Å². The predicted molar refractivity (Wildman–Crippen MR) is 83.6 cm³/mol. The Morgan fingerprint density at radius 3 is 3.10 bits per heavy atom. The van der Waals surface area contributed by atoms with E-state index in [0.717, 1.165) is 21.4 Å². The number of carbonyl (C=O) groups excluding carboxylic acids is 1. The second-order valence-electron chi connectivity index (χ2n) is 5.22. The highest BCUT2D eigenvalue weighted by Gasteiger charge is 2.26. The molecule has 21 heavy (non-hydrogen) atoms. The average Bonchev–Trinajstić information content (AvgIpc) is 2.94. The zero-order chi connectivity index (χ0) is 14.8. The van der Waals surface area contributed by atoms with Gasteiger partial charge in [-0.15, -0.1) is 0 Å². The van der Waals surface area contributed by atoms with Crippen molar-refractivity contribution in [1.82, 2.24) is 20.6 Å². The van der Waals surface area contributed by atoms with Crippen LogP contribution >= 0.6 is 15.9 Å². The van der Waals surface area contributed by atoms with E-state index in [2.05, 4.69) is 36.5 Å². The molecule has 0 fully saturated rings. The SMILES string of the molecule is CC(NC(=O)C1Cc2nc[nH]c2CN1)c1ccccc1Br. The predicted octanol–water partition coefficient (Wildman–Crippen LogP) is 2.06. The van der Waals surface area contributed by atoms with Gasteiger partial charge in [-0.05, 0) is 18.6 Å². The minimum Gasteiger partial charge on any atom is -0.348 e. The Hall–Kier alpha value is -1.66. The van der Waals surface area contributed by atoms with E-state index in [1.165, 1.54) is 0 Å². The lowest BCUT2D eigenvalue weighted by molar-refractivity contribution is -0.124. The van der Waals surface area contributed by atoms with Gasteiger partial charge in [-0.1, -0.05) is 34.1 Å². The number of hydrogen-bond donors (Lipinski definition) is 3. The van der Waals surface area contributed by atoms with Gasteiger partial charge in [-0.25, -0.2) is 4.98 Å². The molecule has 0 bridgehead atoms. The number of benzene rings is 1. The lowest BCUT2D eigenvalue weighted by Gasteiger charge is -2.24. The molecule has 3 N–H and O–H groups in total. The van der Waals surface area contributed by atoms with Crippen LogP contribution in [0.4, 0.5) is 0 Å². The number of nitrogens with zero attached hydrogens (tertiary/aromatic N) is 1. The molecule has 2 atom stereocenters. The van der Waals surface area contributed by atoms with Gasteiger partial charge in [0.15, 0.2) is 0 Å². The fourth-order valence-corrected chi connectivity index (χ4v) is 3.20. The second-order valence-corrected chi connectivity index (χ2v) is 6.07. The number of halogens is 1. The highest BCUT2D eigenvalue weighted by Crippen LogP contribution is 2.23. The van der Waals surface area contributed by atoms with Gasteiger partial charge in [0, 0.05) is 17.4 Å². The second kappa shape index (κ2) is 5.99. The highest BCUT2D eigenvalue weighted by molar-refractivity contribution is 9.10. The smallest absolute Gasteiger partial charge is 0.238 e. The van der Waals surface area contributed by atoms with Crippen LogP contribution in [0.5, 0.6) is 0 Å². The van der Waals surface area contributed by atoms with Gasteiger partial charge >= 0.3 is 0 Å².